The molecule has 1 aliphatic rings. The van der Waals surface area contributed by atoms with E-state index in [-0.39, 0.29) is 18.1 Å². The number of rotatable bonds is 1. The van der Waals surface area contributed by atoms with Crippen molar-refractivity contribution < 1.29 is 18.0 Å². The monoisotopic (exact) mass is 258 g/mol. The molecule has 0 saturated carbocycles. The Kier molecular flexibility index (Phi) is 3.19. The quantitative estimate of drug-likeness (QED) is 0.769. The van der Waals surface area contributed by atoms with Gasteiger partial charge in [0.05, 0.1) is 12.1 Å². The highest BCUT2D eigenvalue weighted by atomic mass is 19.4. The Balaban J connectivity index is 2.32. The lowest BCUT2D eigenvalue weighted by Crippen LogP contribution is -2.49. The number of piperazine rings is 1. The summed E-state index contributed by atoms with van der Waals surface area (Å²) in [5.74, 6) is -0.168. The molecule has 1 fully saturated rings. The lowest BCUT2D eigenvalue weighted by Gasteiger charge is -2.34. The van der Waals surface area contributed by atoms with E-state index in [4.69, 9.17) is 0 Å². The van der Waals surface area contributed by atoms with Crippen LogP contribution in [0.2, 0.25) is 0 Å². The molecule has 0 aliphatic carbocycles. The van der Waals surface area contributed by atoms with Gasteiger partial charge >= 0.3 is 6.18 Å². The third-order valence-corrected chi connectivity index (χ3v) is 3.01. The summed E-state index contributed by atoms with van der Waals surface area (Å²) in [7, 11) is 1.65. The average Bonchev–Trinajstić information content (AvgIpc) is 2.32. The molecule has 0 atom stereocenters. The summed E-state index contributed by atoms with van der Waals surface area (Å²) in [5.41, 5.74) is -0.617. The number of nitrogens with zero attached hydrogens (tertiary/aromatic N) is 2. The third kappa shape index (κ3) is 2.42. The average molecular weight is 258 g/mol. The maximum Gasteiger partial charge on any atom is 0.418 e. The number of hydrogen-bond acceptors (Lipinski definition) is 2. The molecule has 0 N–H and O–H groups in total. The van der Waals surface area contributed by atoms with E-state index in [1.165, 1.54) is 21.9 Å². The van der Waals surface area contributed by atoms with Crippen LogP contribution in [-0.2, 0) is 11.0 Å². The van der Waals surface area contributed by atoms with Crippen molar-refractivity contribution in [1.29, 1.82) is 0 Å². The highest BCUT2D eigenvalue weighted by molar-refractivity contribution is 5.83. The van der Waals surface area contributed by atoms with E-state index in [0.29, 0.717) is 13.1 Å². The molecular formula is C12H13F3N2O. The van der Waals surface area contributed by atoms with E-state index in [1.54, 1.807) is 13.1 Å². The zero-order valence-corrected chi connectivity index (χ0v) is 9.87. The Bertz CT molecular complexity index is 459. The predicted molar refractivity (Wildman–Crippen MR) is 61.3 cm³/mol. The van der Waals surface area contributed by atoms with Crippen LogP contribution in [0.3, 0.4) is 0 Å². The molecule has 1 aromatic carbocycles. The minimum Gasteiger partial charge on any atom is -0.360 e. The second-order valence-electron chi connectivity index (χ2n) is 4.25. The molecule has 1 aliphatic heterocycles. The number of halogens is 3. The highest BCUT2D eigenvalue weighted by Crippen LogP contribution is 2.36. The van der Waals surface area contributed by atoms with Gasteiger partial charge in [-0.25, -0.2) is 0 Å². The standard InChI is InChI=1S/C12H13F3N2O/c1-16-6-7-17(8-11(16)18)10-5-3-2-4-9(10)12(13,14)15/h2-5H,6-8H2,1H3. The first kappa shape index (κ1) is 12.7. The fourth-order valence-electron chi connectivity index (χ4n) is 1.95. The molecule has 0 unspecified atom stereocenters. The van der Waals surface area contributed by atoms with Crippen molar-refractivity contribution in [3.63, 3.8) is 0 Å². The fraction of sp³-hybridized carbons (Fsp3) is 0.417. The summed E-state index contributed by atoms with van der Waals surface area (Å²) >= 11 is 0. The molecular weight excluding hydrogens is 245 g/mol. The van der Waals surface area contributed by atoms with Gasteiger partial charge in [0.15, 0.2) is 0 Å². The fourth-order valence-corrected chi connectivity index (χ4v) is 1.95. The molecule has 98 valence electrons. The first-order chi connectivity index (χ1) is 8.39. The maximum absolute atomic E-state index is 12.9. The number of carbonyl (C=O) groups is 1. The Morgan fingerprint density at radius 1 is 1.17 bits per heavy atom. The van der Waals surface area contributed by atoms with Crippen molar-refractivity contribution in [3.05, 3.63) is 29.8 Å². The summed E-state index contributed by atoms with van der Waals surface area (Å²) < 4.78 is 38.6. The van der Waals surface area contributed by atoms with Crippen LogP contribution in [-0.4, -0.2) is 37.5 Å². The van der Waals surface area contributed by atoms with Crippen LogP contribution < -0.4 is 4.90 Å². The van der Waals surface area contributed by atoms with Gasteiger partial charge in [0, 0.05) is 25.8 Å². The number of alkyl halides is 3. The van der Waals surface area contributed by atoms with Crippen molar-refractivity contribution in [2.45, 2.75) is 6.18 Å². The molecule has 1 heterocycles. The number of anilines is 1. The van der Waals surface area contributed by atoms with Crippen LogP contribution in [0.1, 0.15) is 5.56 Å². The summed E-state index contributed by atoms with van der Waals surface area (Å²) in [5, 5.41) is 0. The highest BCUT2D eigenvalue weighted by Gasteiger charge is 2.35. The molecule has 2 rings (SSSR count). The van der Waals surface area contributed by atoms with Crippen LogP contribution in [0.5, 0.6) is 0 Å². The van der Waals surface area contributed by atoms with E-state index in [9.17, 15) is 18.0 Å². The molecule has 1 amide bonds. The molecule has 18 heavy (non-hydrogen) atoms. The molecule has 6 heteroatoms. The second kappa shape index (κ2) is 4.51. The maximum atomic E-state index is 12.9. The predicted octanol–water partition coefficient (Wildman–Crippen LogP) is 1.98. The summed E-state index contributed by atoms with van der Waals surface area (Å²) in [6.07, 6.45) is -4.40. The number of hydrogen-bond donors (Lipinski definition) is 0. The first-order valence-electron chi connectivity index (χ1n) is 5.55. The molecule has 0 aromatic heterocycles. The van der Waals surface area contributed by atoms with E-state index in [1.807, 2.05) is 0 Å². The van der Waals surface area contributed by atoms with Crippen molar-refractivity contribution in [2.24, 2.45) is 0 Å². The lowest BCUT2D eigenvalue weighted by atomic mass is 10.1. The second-order valence-corrected chi connectivity index (χ2v) is 4.25. The number of benzene rings is 1. The lowest BCUT2D eigenvalue weighted by molar-refractivity contribution is -0.137. The van der Waals surface area contributed by atoms with Gasteiger partial charge in [-0.1, -0.05) is 12.1 Å². The van der Waals surface area contributed by atoms with Gasteiger partial charge in [-0.3, -0.25) is 4.79 Å². The Hall–Kier alpha value is -1.72. The number of carbonyl (C=O) groups excluding carboxylic acids is 1. The first-order valence-corrected chi connectivity index (χ1v) is 5.55. The van der Waals surface area contributed by atoms with Gasteiger partial charge in [-0.2, -0.15) is 13.2 Å². The van der Waals surface area contributed by atoms with E-state index in [0.717, 1.165) is 6.07 Å². The molecule has 1 aromatic rings. The molecule has 0 bridgehead atoms. The normalized spacial score (nSPS) is 17.2. The Labute approximate surface area is 103 Å². The van der Waals surface area contributed by atoms with Crippen molar-refractivity contribution in [3.8, 4) is 0 Å². The summed E-state index contributed by atoms with van der Waals surface area (Å²) in [6.45, 7) is 0.837. The molecule has 0 spiro atoms. The zero-order chi connectivity index (χ0) is 13.3. The van der Waals surface area contributed by atoms with Crippen LogP contribution in [0.4, 0.5) is 18.9 Å². The summed E-state index contributed by atoms with van der Waals surface area (Å²) in [4.78, 5) is 14.5. The van der Waals surface area contributed by atoms with Crippen molar-refractivity contribution in [2.75, 3.05) is 31.6 Å². The van der Waals surface area contributed by atoms with Crippen molar-refractivity contribution >= 4 is 11.6 Å². The Morgan fingerprint density at radius 3 is 2.44 bits per heavy atom. The van der Waals surface area contributed by atoms with Crippen molar-refractivity contribution in [1.82, 2.24) is 4.90 Å². The van der Waals surface area contributed by atoms with Gasteiger partial charge in [-0.15, -0.1) is 0 Å². The zero-order valence-electron chi connectivity index (χ0n) is 9.87. The number of amides is 1. The number of para-hydroxylation sites is 1. The largest absolute Gasteiger partial charge is 0.418 e. The van der Waals surface area contributed by atoms with Gasteiger partial charge in [-0.05, 0) is 12.1 Å². The SMILES string of the molecule is CN1CCN(c2ccccc2C(F)(F)F)CC1=O. The van der Waals surface area contributed by atoms with Crippen LogP contribution in [0.25, 0.3) is 0 Å². The van der Waals surface area contributed by atoms with Crippen LogP contribution in [0.15, 0.2) is 24.3 Å². The molecule has 1 saturated heterocycles. The minimum absolute atomic E-state index is 0.0103. The van der Waals surface area contributed by atoms with E-state index in [2.05, 4.69) is 0 Å². The molecule has 3 nitrogen and oxygen atoms in total. The van der Waals surface area contributed by atoms with E-state index < -0.39 is 11.7 Å². The smallest absolute Gasteiger partial charge is 0.360 e. The third-order valence-electron chi connectivity index (χ3n) is 3.01. The van der Waals surface area contributed by atoms with Gasteiger partial charge in [0.25, 0.3) is 0 Å². The van der Waals surface area contributed by atoms with E-state index >= 15 is 0 Å². The number of likely N-dealkylation sites (N-methyl/N-ethyl adjacent to an activating group) is 1. The molecule has 0 radical (unpaired) electrons. The van der Waals surface area contributed by atoms with Gasteiger partial charge in [0.1, 0.15) is 0 Å². The van der Waals surface area contributed by atoms with Crippen LogP contribution in [0, 0.1) is 0 Å². The van der Waals surface area contributed by atoms with Gasteiger partial charge in [0.2, 0.25) is 5.91 Å². The summed E-state index contributed by atoms with van der Waals surface area (Å²) in [6, 6.07) is 5.34. The minimum atomic E-state index is -4.40. The topological polar surface area (TPSA) is 23.6 Å². The Morgan fingerprint density at radius 2 is 1.83 bits per heavy atom. The van der Waals surface area contributed by atoms with Gasteiger partial charge < -0.3 is 9.80 Å². The van der Waals surface area contributed by atoms with Crippen LogP contribution >= 0.6 is 0 Å².